The minimum absolute atomic E-state index is 0.00586. The molecule has 0 saturated carbocycles. The van der Waals surface area contributed by atoms with Gasteiger partial charge in [0.1, 0.15) is 18.1 Å². The Kier molecular flexibility index (Phi) is 8.32. The molecule has 0 aromatic carbocycles. The summed E-state index contributed by atoms with van der Waals surface area (Å²) in [6.45, 7) is 3.51. The van der Waals surface area contributed by atoms with Crippen LogP contribution in [0, 0.1) is 12.8 Å². The standard InChI is InChI=1S/C19H29N3O5/c1-14-5-6-16(27-14)12-21-19(25)15-4-3-10-22(18(24)13-26-2)11-8-17(23)20-9-7-15/h5-6,15H,3-4,7-13H2,1-2H3,(H,20,23)(H,21,25). The second-order valence-electron chi connectivity index (χ2n) is 6.77. The van der Waals surface area contributed by atoms with Crippen LogP contribution in [-0.4, -0.2) is 56.0 Å². The van der Waals surface area contributed by atoms with Crippen molar-refractivity contribution >= 4 is 17.7 Å². The van der Waals surface area contributed by atoms with Gasteiger partial charge in [0.15, 0.2) is 0 Å². The third-order valence-corrected chi connectivity index (χ3v) is 4.63. The molecular weight excluding hydrogens is 350 g/mol. The average Bonchev–Trinajstić information content (AvgIpc) is 3.04. The van der Waals surface area contributed by atoms with E-state index in [-0.39, 0.29) is 36.7 Å². The van der Waals surface area contributed by atoms with E-state index in [0.29, 0.717) is 51.2 Å². The average molecular weight is 379 g/mol. The topological polar surface area (TPSA) is 101 Å². The van der Waals surface area contributed by atoms with Crippen LogP contribution in [0.5, 0.6) is 0 Å². The highest BCUT2D eigenvalue weighted by atomic mass is 16.5. The van der Waals surface area contributed by atoms with Gasteiger partial charge in [-0.3, -0.25) is 14.4 Å². The molecule has 0 aliphatic carbocycles. The number of nitrogens with one attached hydrogen (secondary N) is 2. The number of ether oxygens (including phenoxy) is 1. The fraction of sp³-hybridized carbons (Fsp3) is 0.632. The minimum Gasteiger partial charge on any atom is -0.465 e. The van der Waals surface area contributed by atoms with Crippen molar-refractivity contribution < 1.29 is 23.5 Å². The molecule has 1 unspecified atom stereocenters. The van der Waals surface area contributed by atoms with E-state index >= 15 is 0 Å². The Hall–Kier alpha value is -2.35. The van der Waals surface area contributed by atoms with Crippen molar-refractivity contribution in [3.05, 3.63) is 23.7 Å². The van der Waals surface area contributed by atoms with E-state index < -0.39 is 0 Å². The van der Waals surface area contributed by atoms with Gasteiger partial charge in [0.2, 0.25) is 17.7 Å². The van der Waals surface area contributed by atoms with Crippen LogP contribution in [0.25, 0.3) is 0 Å². The van der Waals surface area contributed by atoms with Crippen LogP contribution < -0.4 is 10.6 Å². The summed E-state index contributed by atoms with van der Waals surface area (Å²) < 4.78 is 10.4. The number of hydrogen-bond acceptors (Lipinski definition) is 5. The maximum Gasteiger partial charge on any atom is 0.248 e. The lowest BCUT2D eigenvalue weighted by Gasteiger charge is -2.22. The smallest absolute Gasteiger partial charge is 0.248 e. The van der Waals surface area contributed by atoms with Gasteiger partial charge in [-0.05, 0) is 38.3 Å². The molecule has 8 nitrogen and oxygen atoms in total. The van der Waals surface area contributed by atoms with Crippen LogP contribution in [0.2, 0.25) is 0 Å². The van der Waals surface area contributed by atoms with Crippen LogP contribution in [0.1, 0.15) is 37.2 Å². The van der Waals surface area contributed by atoms with Crippen molar-refractivity contribution in [1.29, 1.82) is 0 Å². The number of nitrogens with zero attached hydrogens (tertiary/aromatic N) is 1. The van der Waals surface area contributed by atoms with Gasteiger partial charge in [-0.1, -0.05) is 0 Å². The quantitative estimate of drug-likeness (QED) is 0.794. The molecule has 1 aliphatic heterocycles. The van der Waals surface area contributed by atoms with E-state index in [4.69, 9.17) is 9.15 Å². The first kappa shape index (κ1) is 21.0. The lowest BCUT2D eigenvalue weighted by molar-refractivity contribution is -0.135. The summed E-state index contributed by atoms with van der Waals surface area (Å²) in [5.41, 5.74) is 0. The molecule has 1 fully saturated rings. The van der Waals surface area contributed by atoms with Gasteiger partial charge in [-0.25, -0.2) is 0 Å². The Bertz CT molecular complexity index is 643. The Balaban J connectivity index is 1.92. The number of amides is 3. The molecule has 27 heavy (non-hydrogen) atoms. The molecule has 3 amide bonds. The number of aryl methyl sites for hydroxylation is 1. The van der Waals surface area contributed by atoms with Gasteiger partial charge in [-0.2, -0.15) is 0 Å². The third-order valence-electron chi connectivity index (χ3n) is 4.63. The molecule has 1 saturated heterocycles. The number of hydrogen-bond donors (Lipinski definition) is 2. The molecule has 2 N–H and O–H groups in total. The van der Waals surface area contributed by atoms with Crippen molar-refractivity contribution in [2.24, 2.45) is 5.92 Å². The fourth-order valence-corrected chi connectivity index (χ4v) is 3.12. The Morgan fingerprint density at radius 1 is 1.33 bits per heavy atom. The molecule has 0 radical (unpaired) electrons. The highest BCUT2D eigenvalue weighted by Gasteiger charge is 2.22. The molecular formula is C19H29N3O5. The Morgan fingerprint density at radius 3 is 2.85 bits per heavy atom. The van der Waals surface area contributed by atoms with Crippen LogP contribution >= 0.6 is 0 Å². The minimum atomic E-state index is -0.223. The van der Waals surface area contributed by atoms with E-state index in [2.05, 4.69) is 10.6 Å². The molecule has 0 spiro atoms. The van der Waals surface area contributed by atoms with Gasteiger partial charge < -0.3 is 24.7 Å². The van der Waals surface area contributed by atoms with Gasteiger partial charge in [0.05, 0.1) is 6.54 Å². The number of methoxy groups -OCH3 is 1. The zero-order valence-corrected chi connectivity index (χ0v) is 16.1. The second-order valence-corrected chi connectivity index (χ2v) is 6.77. The van der Waals surface area contributed by atoms with E-state index in [0.717, 1.165) is 5.76 Å². The zero-order valence-electron chi connectivity index (χ0n) is 16.1. The first-order chi connectivity index (χ1) is 13.0. The number of rotatable bonds is 5. The van der Waals surface area contributed by atoms with Crippen molar-refractivity contribution in [2.45, 2.75) is 39.2 Å². The summed E-state index contributed by atoms with van der Waals surface area (Å²) in [7, 11) is 1.47. The number of carbonyl (C=O) groups excluding carboxylic acids is 3. The van der Waals surface area contributed by atoms with Crippen LogP contribution in [0.15, 0.2) is 16.5 Å². The molecule has 8 heteroatoms. The number of furan rings is 1. The van der Waals surface area contributed by atoms with E-state index in [9.17, 15) is 14.4 Å². The normalized spacial score (nSPS) is 19.1. The van der Waals surface area contributed by atoms with Crippen LogP contribution in [0.4, 0.5) is 0 Å². The van der Waals surface area contributed by atoms with Crippen molar-refractivity contribution in [2.75, 3.05) is 33.4 Å². The summed E-state index contributed by atoms with van der Waals surface area (Å²) in [4.78, 5) is 38.2. The Morgan fingerprint density at radius 2 is 2.15 bits per heavy atom. The van der Waals surface area contributed by atoms with Crippen molar-refractivity contribution in [1.82, 2.24) is 15.5 Å². The van der Waals surface area contributed by atoms with Crippen LogP contribution in [-0.2, 0) is 25.7 Å². The molecule has 1 aromatic heterocycles. The molecule has 2 heterocycles. The van der Waals surface area contributed by atoms with Crippen LogP contribution in [0.3, 0.4) is 0 Å². The molecule has 150 valence electrons. The lowest BCUT2D eigenvalue weighted by atomic mass is 9.98. The van der Waals surface area contributed by atoms with Crippen molar-refractivity contribution in [3.63, 3.8) is 0 Å². The Labute approximate surface area is 159 Å². The largest absolute Gasteiger partial charge is 0.465 e. The first-order valence-electron chi connectivity index (χ1n) is 9.36. The van der Waals surface area contributed by atoms with Gasteiger partial charge in [0.25, 0.3) is 0 Å². The van der Waals surface area contributed by atoms with Gasteiger partial charge in [-0.15, -0.1) is 0 Å². The molecule has 1 aliphatic rings. The maximum absolute atomic E-state index is 12.6. The lowest BCUT2D eigenvalue weighted by Crippen LogP contribution is -2.37. The van der Waals surface area contributed by atoms with E-state index in [1.54, 1.807) is 4.90 Å². The SMILES string of the molecule is COCC(=O)N1CCCC(C(=O)NCc2ccc(C)o2)CCNC(=O)CC1. The summed E-state index contributed by atoms with van der Waals surface area (Å²) in [6, 6.07) is 3.70. The second kappa shape index (κ2) is 10.7. The number of carbonyl (C=O) groups is 3. The zero-order chi connectivity index (χ0) is 19.6. The summed E-state index contributed by atoms with van der Waals surface area (Å²) in [5.74, 6) is 0.974. The van der Waals surface area contributed by atoms with E-state index in [1.807, 2.05) is 19.1 Å². The van der Waals surface area contributed by atoms with E-state index in [1.165, 1.54) is 7.11 Å². The molecule has 1 atom stereocenters. The van der Waals surface area contributed by atoms with Crippen molar-refractivity contribution in [3.8, 4) is 0 Å². The predicted octanol–water partition coefficient (Wildman–Crippen LogP) is 0.986. The van der Waals surface area contributed by atoms with Gasteiger partial charge >= 0.3 is 0 Å². The maximum atomic E-state index is 12.6. The first-order valence-corrected chi connectivity index (χ1v) is 9.36. The highest BCUT2D eigenvalue weighted by Crippen LogP contribution is 2.14. The monoisotopic (exact) mass is 379 g/mol. The summed E-state index contributed by atoms with van der Waals surface area (Å²) in [5, 5.41) is 5.73. The predicted molar refractivity (Wildman–Crippen MR) is 98.7 cm³/mol. The summed E-state index contributed by atoms with van der Waals surface area (Å²) >= 11 is 0. The fourth-order valence-electron chi connectivity index (χ4n) is 3.12. The van der Waals surface area contributed by atoms with Gasteiger partial charge in [0, 0.05) is 39.1 Å². The highest BCUT2D eigenvalue weighted by molar-refractivity contribution is 5.80. The molecule has 2 rings (SSSR count). The molecule has 0 bridgehead atoms. The summed E-state index contributed by atoms with van der Waals surface area (Å²) in [6.07, 6.45) is 2.17. The third kappa shape index (κ3) is 7.05. The molecule has 1 aromatic rings.